The van der Waals surface area contributed by atoms with E-state index in [2.05, 4.69) is 190 Å². The third kappa shape index (κ3) is 5.00. The highest BCUT2D eigenvalue weighted by Gasteiger charge is 2.36. The molecule has 10 aromatic carbocycles. The fraction of sp³-hybridized carbons (Fsp3) is 0.0517. The van der Waals surface area contributed by atoms with Gasteiger partial charge in [0.25, 0.3) is 0 Å². The van der Waals surface area contributed by atoms with Gasteiger partial charge in [0.05, 0.1) is 0 Å². The van der Waals surface area contributed by atoms with E-state index in [1.165, 1.54) is 85.5 Å². The third-order valence-electron chi connectivity index (χ3n) is 13.7. The minimum atomic E-state index is -0.139. The second-order valence-corrected chi connectivity index (χ2v) is 18.6. The number of fused-ring (bicyclic) bond motifs is 16. The Morgan fingerprint density at radius 1 is 0.381 bits per heavy atom. The van der Waals surface area contributed by atoms with Crippen LogP contribution in [0, 0.1) is 0 Å². The van der Waals surface area contributed by atoms with E-state index in [-0.39, 0.29) is 5.41 Å². The number of thiophene rings is 1. The normalized spacial score (nSPS) is 13.4. The highest BCUT2D eigenvalue weighted by Crippen LogP contribution is 2.51. The molecular weight excluding hydrogens is 787 g/mol. The number of hydrogen-bond donors (Lipinski definition) is 0. The highest BCUT2D eigenvalue weighted by molar-refractivity contribution is 7.25. The molecule has 3 aromatic heterocycles. The molecule has 294 valence electrons. The summed E-state index contributed by atoms with van der Waals surface area (Å²) in [5.41, 5.74) is 9.46. The fourth-order valence-electron chi connectivity index (χ4n) is 10.6. The lowest BCUT2D eigenvalue weighted by molar-refractivity contribution is 0.647. The Labute approximate surface area is 365 Å². The summed E-state index contributed by atoms with van der Waals surface area (Å²) in [5, 5.41) is 14.2. The first kappa shape index (κ1) is 34.9. The lowest BCUT2D eigenvalue weighted by Gasteiger charge is -2.21. The molecule has 0 atom stereocenters. The molecule has 0 aliphatic heterocycles. The van der Waals surface area contributed by atoms with Gasteiger partial charge in [0, 0.05) is 53.1 Å². The van der Waals surface area contributed by atoms with Gasteiger partial charge < -0.3 is 4.42 Å². The summed E-state index contributed by atoms with van der Waals surface area (Å²) >= 11 is 1.81. The quantitative estimate of drug-likeness (QED) is 0.167. The van der Waals surface area contributed by atoms with Gasteiger partial charge in [-0.25, -0.2) is 15.0 Å². The van der Waals surface area contributed by atoms with Crippen molar-refractivity contribution in [3.8, 4) is 45.3 Å². The number of rotatable bonds is 3. The molecule has 3 heterocycles. The van der Waals surface area contributed by atoms with Crippen LogP contribution in [0.3, 0.4) is 0 Å². The zero-order chi connectivity index (χ0) is 41.6. The number of benzene rings is 10. The Hall–Kier alpha value is -7.73. The molecule has 0 amide bonds. The van der Waals surface area contributed by atoms with Gasteiger partial charge in [-0.15, -0.1) is 11.3 Å². The molecular formula is C58H35N3OS. The van der Waals surface area contributed by atoms with Crippen molar-refractivity contribution < 1.29 is 4.42 Å². The monoisotopic (exact) mass is 821 g/mol. The van der Waals surface area contributed by atoms with Gasteiger partial charge in [-0.1, -0.05) is 141 Å². The number of furan rings is 1. The van der Waals surface area contributed by atoms with Crippen molar-refractivity contribution >= 4 is 96.5 Å². The van der Waals surface area contributed by atoms with Crippen LogP contribution >= 0.6 is 11.3 Å². The van der Waals surface area contributed by atoms with E-state index >= 15 is 0 Å². The zero-order valence-electron chi connectivity index (χ0n) is 34.4. The van der Waals surface area contributed by atoms with Gasteiger partial charge in [-0.05, 0) is 114 Å². The van der Waals surface area contributed by atoms with E-state index < -0.39 is 0 Å². The average molecular weight is 822 g/mol. The third-order valence-corrected chi connectivity index (χ3v) is 14.8. The molecule has 5 heteroatoms. The minimum Gasteiger partial charge on any atom is -0.456 e. The van der Waals surface area contributed by atoms with E-state index in [0.717, 1.165) is 38.6 Å². The Balaban J connectivity index is 1.03. The maximum absolute atomic E-state index is 6.72. The van der Waals surface area contributed by atoms with Crippen LogP contribution in [0.2, 0.25) is 0 Å². The lowest BCUT2D eigenvalue weighted by atomic mass is 9.82. The Bertz CT molecular complexity index is 4140. The summed E-state index contributed by atoms with van der Waals surface area (Å²) in [6.45, 7) is 4.61. The summed E-state index contributed by atoms with van der Waals surface area (Å²) in [6, 6.07) is 63.6. The molecule has 13 aromatic rings. The van der Waals surface area contributed by atoms with Crippen LogP contribution in [0.15, 0.2) is 180 Å². The highest BCUT2D eigenvalue weighted by atomic mass is 32.1. The average Bonchev–Trinajstić information content (AvgIpc) is 3.97. The molecule has 0 bridgehead atoms. The van der Waals surface area contributed by atoms with Crippen molar-refractivity contribution in [3.63, 3.8) is 0 Å². The maximum Gasteiger partial charge on any atom is 0.164 e. The van der Waals surface area contributed by atoms with Gasteiger partial charge >= 0.3 is 0 Å². The summed E-state index contributed by atoms with van der Waals surface area (Å²) in [5.74, 6) is 1.86. The Morgan fingerprint density at radius 3 is 1.94 bits per heavy atom. The van der Waals surface area contributed by atoms with E-state index in [9.17, 15) is 0 Å². The van der Waals surface area contributed by atoms with Crippen molar-refractivity contribution in [3.05, 3.63) is 187 Å². The standard InChI is InChI=1S/C58H35N3OS/c1-58(2)47-15-7-5-12-39(47)44-30-46-50(31-48(44)58)62-49-16-9-14-42(54(46)49)57-60-55(59-56(61-57)36-24-27-52-45(29-36)40-13-6-8-17-51(40)63-52)35-21-19-33-18-20-34-23-25-38-37-11-4-3-10-32(37)22-26-41(38)53(34)43(33)28-35/h3-31H,1-2H3. The smallest absolute Gasteiger partial charge is 0.164 e. The van der Waals surface area contributed by atoms with Crippen molar-refractivity contribution in [2.24, 2.45) is 0 Å². The largest absolute Gasteiger partial charge is 0.456 e. The summed E-state index contributed by atoms with van der Waals surface area (Å²) in [6.07, 6.45) is 0. The maximum atomic E-state index is 6.72. The number of aromatic nitrogens is 3. The van der Waals surface area contributed by atoms with Gasteiger partial charge in [0.1, 0.15) is 11.2 Å². The predicted molar refractivity (Wildman–Crippen MR) is 264 cm³/mol. The first-order chi connectivity index (χ1) is 30.9. The van der Waals surface area contributed by atoms with E-state index in [4.69, 9.17) is 19.4 Å². The summed E-state index contributed by atoms with van der Waals surface area (Å²) in [7, 11) is 0. The van der Waals surface area contributed by atoms with Crippen LogP contribution < -0.4 is 0 Å². The van der Waals surface area contributed by atoms with Gasteiger partial charge in [0.15, 0.2) is 17.5 Å². The molecule has 1 aliphatic rings. The van der Waals surface area contributed by atoms with Crippen LogP contribution in [0.4, 0.5) is 0 Å². The molecule has 0 radical (unpaired) electrons. The first-order valence-electron chi connectivity index (χ1n) is 21.5. The molecule has 0 N–H and O–H groups in total. The minimum absolute atomic E-state index is 0.139. The van der Waals surface area contributed by atoms with Crippen LogP contribution in [-0.2, 0) is 5.41 Å². The SMILES string of the molecule is CC1(C)c2ccccc2-c2cc3c(cc21)oc1cccc(-c2nc(-c4ccc5sc6ccccc6c5c4)nc(-c4ccc5ccc6ccc7c8ccccc8ccc7c6c5c4)n2)c13. The van der Waals surface area contributed by atoms with Gasteiger partial charge in [-0.3, -0.25) is 0 Å². The van der Waals surface area contributed by atoms with Crippen molar-refractivity contribution in [1.29, 1.82) is 0 Å². The molecule has 1 aliphatic carbocycles. The van der Waals surface area contributed by atoms with E-state index in [0.29, 0.717) is 17.5 Å². The molecule has 4 nitrogen and oxygen atoms in total. The second kappa shape index (κ2) is 12.7. The topological polar surface area (TPSA) is 51.8 Å². The van der Waals surface area contributed by atoms with Gasteiger partial charge in [-0.2, -0.15) is 0 Å². The Morgan fingerprint density at radius 2 is 1.03 bits per heavy atom. The van der Waals surface area contributed by atoms with Crippen LogP contribution in [-0.4, -0.2) is 15.0 Å². The molecule has 0 spiro atoms. The number of hydrogen-bond acceptors (Lipinski definition) is 5. The van der Waals surface area contributed by atoms with Crippen molar-refractivity contribution in [1.82, 2.24) is 15.0 Å². The zero-order valence-corrected chi connectivity index (χ0v) is 35.2. The van der Waals surface area contributed by atoms with Crippen molar-refractivity contribution in [2.45, 2.75) is 19.3 Å². The fourth-order valence-corrected chi connectivity index (χ4v) is 11.7. The van der Waals surface area contributed by atoms with Gasteiger partial charge in [0.2, 0.25) is 0 Å². The molecule has 0 saturated carbocycles. The van der Waals surface area contributed by atoms with Crippen molar-refractivity contribution in [2.75, 3.05) is 0 Å². The second-order valence-electron chi connectivity index (χ2n) is 17.5. The van der Waals surface area contributed by atoms with E-state index in [1.54, 1.807) is 0 Å². The first-order valence-corrected chi connectivity index (χ1v) is 22.3. The van der Waals surface area contributed by atoms with Crippen LogP contribution in [0.25, 0.3) is 130 Å². The van der Waals surface area contributed by atoms with Crippen LogP contribution in [0.5, 0.6) is 0 Å². The Kier molecular flexibility index (Phi) is 7.02. The lowest BCUT2D eigenvalue weighted by Crippen LogP contribution is -2.14. The molecule has 14 rings (SSSR count). The predicted octanol–water partition coefficient (Wildman–Crippen LogP) is 16.1. The molecule has 63 heavy (non-hydrogen) atoms. The summed E-state index contributed by atoms with van der Waals surface area (Å²) in [4.78, 5) is 16.1. The van der Waals surface area contributed by atoms with Crippen LogP contribution in [0.1, 0.15) is 25.0 Å². The molecule has 0 unspecified atom stereocenters. The van der Waals surface area contributed by atoms with E-state index in [1.807, 2.05) is 11.3 Å². The summed E-state index contributed by atoms with van der Waals surface area (Å²) < 4.78 is 9.23. The molecule has 0 saturated heterocycles. The molecule has 0 fully saturated rings. The number of nitrogens with zero attached hydrogens (tertiary/aromatic N) is 3.